The molecule has 3 rings (SSSR count). The Kier molecular flexibility index (Phi) is 6.03. The van der Waals surface area contributed by atoms with Crippen molar-refractivity contribution >= 4 is 22.5 Å². The number of fused-ring (bicyclic) bond motifs is 1. The van der Waals surface area contributed by atoms with E-state index in [4.69, 9.17) is 4.98 Å². The number of pyridine rings is 1. The number of hydrogen-bond acceptors (Lipinski definition) is 3. The van der Waals surface area contributed by atoms with Crippen LogP contribution in [0.3, 0.4) is 0 Å². The summed E-state index contributed by atoms with van der Waals surface area (Å²) in [6, 6.07) is 10.7. The zero-order valence-electron chi connectivity index (χ0n) is 17.2. The zero-order chi connectivity index (χ0) is 19.4. The van der Waals surface area contributed by atoms with Crippen LogP contribution in [-0.2, 0) is 11.2 Å². The molecule has 1 aliphatic rings. The van der Waals surface area contributed by atoms with Gasteiger partial charge in [0, 0.05) is 41.8 Å². The van der Waals surface area contributed by atoms with Gasteiger partial charge in [0.05, 0.1) is 5.52 Å². The Hall–Kier alpha value is -2.10. The summed E-state index contributed by atoms with van der Waals surface area (Å²) in [5.41, 5.74) is 3.23. The van der Waals surface area contributed by atoms with Crippen LogP contribution in [0.25, 0.3) is 10.9 Å². The molecular weight excluding hydrogens is 334 g/mol. The normalized spacial score (nSPS) is 17.9. The van der Waals surface area contributed by atoms with Crippen molar-refractivity contribution in [3.8, 4) is 0 Å². The molecule has 0 saturated carbocycles. The number of nitrogens with zero attached hydrogens (tertiary/aromatic N) is 2. The number of hydrogen-bond donors (Lipinski definition) is 1. The minimum absolute atomic E-state index is 0.138. The number of carbonyl (C=O) groups is 1. The number of piperidine rings is 1. The fourth-order valence-corrected chi connectivity index (χ4v) is 3.81. The molecule has 0 radical (unpaired) electrons. The second kappa shape index (κ2) is 8.28. The lowest BCUT2D eigenvalue weighted by molar-refractivity contribution is -0.128. The number of para-hydroxylation sites is 1. The molecular formula is C23H33N3O. The second-order valence-corrected chi connectivity index (χ2v) is 8.81. The number of benzene rings is 1. The quantitative estimate of drug-likeness (QED) is 0.842. The maximum Gasteiger partial charge on any atom is 0.225 e. The Labute approximate surface area is 163 Å². The van der Waals surface area contributed by atoms with E-state index in [0.717, 1.165) is 44.4 Å². The van der Waals surface area contributed by atoms with E-state index in [0.29, 0.717) is 5.92 Å². The summed E-state index contributed by atoms with van der Waals surface area (Å²) in [6.45, 7) is 10.9. The van der Waals surface area contributed by atoms with Crippen molar-refractivity contribution in [1.29, 1.82) is 0 Å². The van der Waals surface area contributed by atoms with Gasteiger partial charge in [0.25, 0.3) is 0 Å². The molecule has 0 spiro atoms. The van der Waals surface area contributed by atoms with Crippen molar-refractivity contribution in [2.24, 2.45) is 11.3 Å². The van der Waals surface area contributed by atoms with E-state index in [1.54, 1.807) is 0 Å². The third-order valence-electron chi connectivity index (χ3n) is 5.35. The van der Waals surface area contributed by atoms with Crippen LogP contribution in [0, 0.1) is 11.3 Å². The standard InChI is InChI=1S/C23H33N3O/c1-5-9-18-14-21(19-11-6-7-12-20(19)25-18)26-13-8-10-17(16-26)15-24-22(27)23(2,3)4/h6-7,11-12,14,17H,5,8-10,13,15-16H2,1-4H3,(H,24,27). The number of anilines is 1. The van der Waals surface area contributed by atoms with Crippen LogP contribution in [0.5, 0.6) is 0 Å². The molecule has 1 N–H and O–H groups in total. The smallest absolute Gasteiger partial charge is 0.225 e. The first kappa shape index (κ1) is 19.7. The molecule has 1 aliphatic heterocycles. The molecule has 0 aliphatic carbocycles. The average molecular weight is 368 g/mol. The van der Waals surface area contributed by atoms with Gasteiger partial charge in [-0.3, -0.25) is 9.78 Å². The van der Waals surface area contributed by atoms with E-state index in [9.17, 15) is 4.79 Å². The molecule has 1 amide bonds. The summed E-state index contributed by atoms with van der Waals surface area (Å²) < 4.78 is 0. The van der Waals surface area contributed by atoms with Gasteiger partial charge in [-0.15, -0.1) is 0 Å². The van der Waals surface area contributed by atoms with Crippen molar-refractivity contribution in [2.45, 2.75) is 53.4 Å². The highest BCUT2D eigenvalue weighted by molar-refractivity contribution is 5.92. The van der Waals surface area contributed by atoms with Gasteiger partial charge in [-0.2, -0.15) is 0 Å². The van der Waals surface area contributed by atoms with E-state index >= 15 is 0 Å². The fraction of sp³-hybridized carbons (Fsp3) is 0.565. The lowest BCUT2D eigenvalue weighted by Gasteiger charge is -2.35. The molecule has 1 fully saturated rings. The van der Waals surface area contributed by atoms with Crippen LogP contribution >= 0.6 is 0 Å². The van der Waals surface area contributed by atoms with Crippen molar-refractivity contribution in [2.75, 3.05) is 24.5 Å². The van der Waals surface area contributed by atoms with Gasteiger partial charge in [-0.25, -0.2) is 0 Å². The topological polar surface area (TPSA) is 45.2 Å². The monoisotopic (exact) mass is 367 g/mol. The zero-order valence-corrected chi connectivity index (χ0v) is 17.2. The highest BCUT2D eigenvalue weighted by atomic mass is 16.2. The van der Waals surface area contributed by atoms with Crippen LogP contribution in [0.15, 0.2) is 30.3 Å². The van der Waals surface area contributed by atoms with E-state index in [2.05, 4.69) is 47.5 Å². The Bertz CT molecular complexity index is 794. The van der Waals surface area contributed by atoms with Crippen LogP contribution in [-0.4, -0.2) is 30.5 Å². The van der Waals surface area contributed by atoms with Crippen molar-refractivity contribution in [3.05, 3.63) is 36.0 Å². The van der Waals surface area contributed by atoms with E-state index in [1.165, 1.54) is 23.2 Å². The summed E-state index contributed by atoms with van der Waals surface area (Å²) >= 11 is 0. The molecule has 1 unspecified atom stereocenters. The number of aromatic nitrogens is 1. The van der Waals surface area contributed by atoms with Gasteiger partial charge in [-0.05, 0) is 37.3 Å². The van der Waals surface area contributed by atoms with Crippen molar-refractivity contribution in [3.63, 3.8) is 0 Å². The molecule has 2 heterocycles. The second-order valence-electron chi connectivity index (χ2n) is 8.81. The molecule has 1 aromatic carbocycles. The summed E-state index contributed by atoms with van der Waals surface area (Å²) in [5.74, 6) is 0.630. The first-order chi connectivity index (χ1) is 12.9. The molecule has 4 nitrogen and oxygen atoms in total. The molecule has 2 aromatic rings. The number of nitrogens with one attached hydrogen (secondary N) is 1. The molecule has 146 valence electrons. The molecule has 4 heteroatoms. The summed E-state index contributed by atoms with van der Waals surface area (Å²) in [5, 5.41) is 4.39. The number of carbonyl (C=O) groups excluding carboxylic acids is 1. The molecule has 1 aromatic heterocycles. The lowest BCUT2D eigenvalue weighted by Crippen LogP contribution is -2.43. The Balaban J connectivity index is 1.78. The maximum absolute atomic E-state index is 12.2. The molecule has 27 heavy (non-hydrogen) atoms. The van der Waals surface area contributed by atoms with Crippen LogP contribution in [0.4, 0.5) is 5.69 Å². The summed E-state index contributed by atoms with van der Waals surface area (Å²) in [6.07, 6.45) is 4.45. The van der Waals surface area contributed by atoms with Gasteiger partial charge < -0.3 is 10.2 Å². The predicted molar refractivity (Wildman–Crippen MR) is 113 cm³/mol. The van der Waals surface area contributed by atoms with Gasteiger partial charge in [0.1, 0.15) is 0 Å². The molecule has 1 saturated heterocycles. The summed E-state index contributed by atoms with van der Waals surface area (Å²) in [4.78, 5) is 19.6. The van der Waals surface area contributed by atoms with E-state index in [-0.39, 0.29) is 11.3 Å². The van der Waals surface area contributed by atoms with Crippen LogP contribution in [0.2, 0.25) is 0 Å². The molecule has 1 atom stereocenters. The van der Waals surface area contributed by atoms with E-state index in [1.807, 2.05) is 20.8 Å². The third kappa shape index (κ3) is 4.79. The first-order valence-electron chi connectivity index (χ1n) is 10.3. The van der Waals surface area contributed by atoms with E-state index < -0.39 is 0 Å². The Morgan fingerprint density at radius 3 is 2.81 bits per heavy atom. The highest BCUT2D eigenvalue weighted by Gasteiger charge is 2.25. The SMILES string of the molecule is CCCc1cc(N2CCCC(CNC(=O)C(C)(C)C)C2)c2ccccc2n1. The number of aryl methyl sites for hydroxylation is 1. The van der Waals surface area contributed by atoms with Gasteiger partial charge >= 0.3 is 0 Å². The Morgan fingerprint density at radius 1 is 1.30 bits per heavy atom. The summed E-state index contributed by atoms with van der Waals surface area (Å²) in [7, 11) is 0. The van der Waals surface area contributed by atoms with Crippen molar-refractivity contribution in [1.82, 2.24) is 10.3 Å². The van der Waals surface area contributed by atoms with Crippen molar-refractivity contribution < 1.29 is 4.79 Å². The third-order valence-corrected chi connectivity index (χ3v) is 5.35. The number of amides is 1. The highest BCUT2D eigenvalue weighted by Crippen LogP contribution is 2.31. The maximum atomic E-state index is 12.2. The average Bonchev–Trinajstić information content (AvgIpc) is 2.65. The predicted octanol–water partition coefficient (Wildman–Crippen LogP) is 4.57. The lowest BCUT2D eigenvalue weighted by atomic mass is 9.93. The van der Waals surface area contributed by atoms with Gasteiger partial charge in [0.15, 0.2) is 0 Å². The van der Waals surface area contributed by atoms with Gasteiger partial charge in [-0.1, -0.05) is 52.3 Å². The molecule has 0 bridgehead atoms. The van der Waals surface area contributed by atoms with Crippen LogP contribution in [0.1, 0.15) is 52.7 Å². The number of rotatable bonds is 5. The Morgan fingerprint density at radius 2 is 2.07 bits per heavy atom. The minimum Gasteiger partial charge on any atom is -0.371 e. The first-order valence-corrected chi connectivity index (χ1v) is 10.3. The van der Waals surface area contributed by atoms with Crippen LogP contribution < -0.4 is 10.2 Å². The van der Waals surface area contributed by atoms with Gasteiger partial charge in [0.2, 0.25) is 5.91 Å². The largest absolute Gasteiger partial charge is 0.371 e. The minimum atomic E-state index is -0.329. The fourth-order valence-electron chi connectivity index (χ4n) is 3.81.